The van der Waals surface area contributed by atoms with Gasteiger partial charge < -0.3 is 20.3 Å². The number of nitrogens with zero attached hydrogens (tertiary/aromatic N) is 2. The van der Waals surface area contributed by atoms with E-state index < -0.39 is 0 Å². The van der Waals surface area contributed by atoms with Crippen molar-refractivity contribution >= 4 is 29.9 Å². The second-order valence-corrected chi connectivity index (χ2v) is 8.20. The molecule has 0 amide bonds. The van der Waals surface area contributed by atoms with Crippen LogP contribution in [0.4, 0.5) is 0 Å². The lowest BCUT2D eigenvalue weighted by atomic mass is 10.1. The zero-order chi connectivity index (χ0) is 19.5. The van der Waals surface area contributed by atoms with Crippen molar-refractivity contribution < 1.29 is 4.74 Å². The molecule has 0 radical (unpaired) electrons. The van der Waals surface area contributed by atoms with Crippen molar-refractivity contribution in [1.82, 2.24) is 15.5 Å². The summed E-state index contributed by atoms with van der Waals surface area (Å²) in [5, 5.41) is 6.80. The number of unbranched alkanes of at least 4 members (excludes halogenated alkanes) is 1. The number of ether oxygens (including phenoxy) is 1. The number of hydrogen-bond donors (Lipinski definition) is 2. The summed E-state index contributed by atoms with van der Waals surface area (Å²) in [7, 11) is 0. The Labute approximate surface area is 188 Å². The van der Waals surface area contributed by atoms with E-state index in [1.165, 1.54) is 45.3 Å². The molecule has 160 valence electrons. The Morgan fingerprint density at radius 1 is 1.11 bits per heavy atom. The molecule has 0 bridgehead atoms. The third kappa shape index (κ3) is 9.96. The van der Waals surface area contributed by atoms with Crippen molar-refractivity contribution in [1.29, 1.82) is 0 Å². The molecule has 1 aliphatic rings. The lowest BCUT2D eigenvalue weighted by molar-refractivity contribution is 0.129. The van der Waals surface area contributed by atoms with Gasteiger partial charge in [0.05, 0.1) is 6.54 Å². The standard InChI is InChI=1S/C22H38N4O.HI/c1-5-23-21(24-14-8-9-15-26-16-10-11-17-26)25-18-19-12-6-7-13-20(19)27-22(2,3)4;/h6-7,12-13H,5,8-11,14-18H2,1-4H3,(H2,23,24,25);1H. The number of likely N-dealkylation sites (tertiary alicyclic amines) is 1. The number of para-hydroxylation sites is 1. The second-order valence-electron chi connectivity index (χ2n) is 8.20. The van der Waals surface area contributed by atoms with Crippen molar-refractivity contribution in [3.8, 4) is 5.75 Å². The molecule has 2 rings (SSSR count). The molecule has 0 spiro atoms. The summed E-state index contributed by atoms with van der Waals surface area (Å²) in [6, 6.07) is 8.16. The van der Waals surface area contributed by atoms with E-state index in [1.54, 1.807) is 0 Å². The molecule has 5 nitrogen and oxygen atoms in total. The lowest BCUT2D eigenvalue weighted by Gasteiger charge is -2.23. The first-order chi connectivity index (χ1) is 13.0. The van der Waals surface area contributed by atoms with Gasteiger partial charge >= 0.3 is 0 Å². The molecule has 1 aromatic rings. The van der Waals surface area contributed by atoms with Gasteiger partial charge in [-0.3, -0.25) is 0 Å². The van der Waals surface area contributed by atoms with Crippen LogP contribution in [0.1, 0.15) is 58.9 Å². The molecular weight excluding hydrogens is 463 g/mol. The molecule has 1 aromatic carbocycles. The van der Waals surface area contributed by atoms with Crippen LogP contribution in [0.3, 0.4) is 0 Å². The quantitative estimate of drug-likeness (QED) is 0.227. The summed E-state index contributed by atoms with van der Waals surface area (Å²) in [5.41, 5.74) is 0.899. The van der Waals surface area contributed by atoms with Crippen LogP contribution >= 0.6 is 24.0 Å². The Morgan fingerprint density at radius 2 is 1.82 bits per heavy atom. The molecule has 0 aliphatic carbocycles. The highest BCUT2D eigenvalue weighted by atomic mass is 127. The van der Waals surface area contributed by atoms with Crippen LogP contribution in [0, 0.1) is 0 Å². The monoisotopic (exact) mass is 502 g/mol. The molecule has 28 heavy (non-hydrogen) atoms. The summed E-state index contributed by atoms with van der Waals surface area (Å²) in [6.07, 6.45) is 5.16. The van der Waals surface area contributed by atoms with Crippen molar-refractivity contribution in [2.24, 2.45) is 4.99 Å². The first-order valence-corrected chi connectivity index (χ1v) is 10.5. The van der Waals surface area contributed by atoms with E-state index >= 15 is 0 Å². The lowest BCUT2D eigenvalue weighted by Crippen LogP contribution is -2.38. The van der Waals surface area contributed by atoms with E-state index in [0.29, 0.717) is 6.54 Å². The number of guanidine groups is 1. The molecule has 1 saturated heterocycles. The molecule has 0 unspecified atom stereocenters. The van der Waals surface area contributed by atoms with Crippen molar-refractivity contribution in [3.05, 3.63) is 29.8 Å². The maximum absolute atomic E-state index is 6.07. The largest absolute Gasteiger partial charge is 0.488 e. The number of benzene rings is 1. The minimum absolute atomic E-state index is 0. The second kappa shape index (κ2) is 13.2. The van der Waals surface area contributed by atoms with Crippen LogP contribution in [0.15, 0.2) is 29.3 Å². The van der Waals surface area contributed by atoms with Gasteiger partial charge in [-0.1, -0.05) is 18.2 Å². The number of nitrogens with one attached hydrogen (secondary N) is 2. The predicted molar refractivity (Wildman–Crippen MR) is 130 cm³/mol. The van der Waals surface area contributed by atoms with Crippen LogP contribution in [0.25, 0.3) is 0 Å². The third-order valence-corrected chi connectivity index (χ3v) is 4.53. The number of hydrogen-bond acceptors (Lipinski definition) is 3. The summed E-state index contributed by atoms with van der Waals surface area (Å²) in [6.45, 7) is 14.5. The van der Waals surface area contributed by atoms with Crippen molar-refractivity contribution in [2.75, 3.05) is 32.7 Å². The van der Waals surface area contributed by atoms with Crippen LogP contribution in [0.5, 0.6) is 5.75 Å². The first kappa shape index (κ1) is 25.0. The smallest absolute Gasteiger partial charge is 0.191 e. The molecule has 1 heterocycles. The normalized spacial score (nSPS) is 15.2. The maximum Gasteiger partial charge on any atom is 0.191 e. The van der Waals surface area contributed by atoms with Gasteiger partial charge in [0.15, 0.2) is 5.96 Å². The van der Waals surface area contributed by atoms with Crippen LogP contribution in [-0.2, 0) is 6.54 Å². The number of rotatable bonds is 9. The van der Waals surface area contributed by atoms with Crippen molar-refractivity contribution in [3.63, 3.8) is 0 Å². The Bertz CT molecular complexity index is 580. The SMILES string of the molecule is CCNC(=NCc1ccccc1OC(C)(C)C)NCCCCN1CCCC1.I. The average molecular weight is 502 g/mol. The summed E-state index contributed by atoms with van der Waals surface area (Å²) in [5.74, 6) is 1.79. The fraction of sp³-hybridized carbons (Fsp3) is 0.682. The molecule has 2 N–H and O–H groups in total. The first-order valence-electron chi connectivity index (χ1n) is 10.5. The average Bonchev–Trinajstić information content (AvgIpc) is 3.12. The molecule has 0 atom stereocenters. The van der Waals surface area contributed by atoms with Gasteiger partial charge in [-0.15, -0.1) is 24.0 Å². The van der Waals surface area contributed by atoms with Gasteiger partial charge in [-0.05, 0) is 79.1 Å². The predicted octanol–water partition coefficient (Wildman–Crippen LogP) is 4.41. The van der Waals surface area contributed by atoms with Gasteiger partial charge in [-0.25, -0.2) is 4.99 Å². The van der Waals surface area contributed by atoms with Gasteiger partial charge in [0.25, 0.3) is 0 Å². The van der Waals surface area contributed by atoms with Gasteiger partial charge in [0, 0.05) is 18.7 Å². The van der Waals surface area contributed by atoms with E-state index in [1.807, 2.05) is 18.2 Å². The van der Waals surface area contributed by atoms with Crippen LogP contribution < -0.4 is 15.4 Å². The Balaban J connectivity index is 0.00000392. The number of aliphatic imine (C=N–C) groups is 1. The fourth-order valence-corrected chi connectivity index (χ4v) is 3.24. The highest BCUT2D eigenvalue weighted by Gasteiger charge is 2.14. The highest BCUT2D eigenvalue weighted by Crippen LogP contribution is 2.23. The minimum atomic E-state index is -0.210. The highest BCUT2D eigenvalue weighted by molar-refractivity contribution is 14.0. The minimum Gasteiger partial charge on any atom is -0.488 e. The van der Waals surface area contributed by atoms with Gasteiger partial charge in [0.2, 0.25) is 0 Å². The summed E-state index contributed by atoms with van der Waals surface area (Å²) >= 11 is 0. The molecule has 0 aromatic heterocycles. The van der Waals surface area contributed by atoms with Crippen LogP contribution in [-0.4, -0.2) is 49.2 Å². The molecule has 6 heteroatoms. The fourth-order valence-electron chi connectivity index (χ4n) is 3.24. The number of halogens is 1. The molecule has 0 saturated carbocycles. The van der Waals surface area contributed by atoms with Gasteiger partial charge in [-0.2, -0.15) is 0 Å². The summed E-state index contributed by atoms with van der Waals surface area (Å²) < 4.78 is 6.07. The molecule has 1 aliphatic heterocycles. The Morgan fingerprint density at radius 3 is 2.50 bits per heavy atom. The van der Waals surface area contributed by atoms with E-state index in [-0.39, 0.29) is 29.6 Å². The maximum atomic E-state index is 6.07. The van der Waals surface area contributed by atoms with E-state index in [9.17, 15) is 0 Å². The van der Waals surface area contributed by atoms with Crippen LogP contribution in [0.2, 0.25) is 0 Å². The van der Waals surface area contributed by atoms with E-state index in [4.69, 9.17) is 9.73 Å². The third-order valence-electron chi connectivity index (χ3n) is 4.53. The van der Waals surface area contributed by atoms with Crippen molar-refractivity contribution in [2.45, 2.75) is 65.5 Å². The molecule has 1 fully saturated rings. The Hall–Kier alpha value is -1.02. The summed E-state index contributed by atoms with van der Waals surface area (Å²) in [4.78, 5) is 7.33. The molecular formula is C22H39IN4O. The Kier molecular flexibility index (Phi) is 11.8. The van der Waals surface area contributed by atoms with E-state index in [2.05, 4.69) is 49.3 Å². The van der Waals surface area contributed by atoms with E-state index in [0.717, 1.165) is 30.4 Å². The topological polar surface area (TPSA) is 48.9 Å². The zero-order valence-electron chi connectivity index (χ0n) is 18.1. The van der Waals surface area contributed by atoms with Gasteiger partial charge in [0.1, 0.15) is 11.4 Å². The zero-order valence-corrected chi connectivity index (χ0v) is 20.4.